The quantitative estimate of drug-likeness (QED) is 0.710. The molecular weight excluding hydrogens is 388 g/mol. The Morgan fingerprint density at radius 3 is 2.32 bits per heavy atom. The van der Waals surface area contributed by atoms with E-state index in [0.717, 1.165) is 23.3 Å². The second kappa shape index (κ2) is 8.36. The Labute approximate surface area is 163 Å². The van der Waals surface area contributed by atoms with Crippen molar-refractivity contribution in [2.24, 2.45) is 5.92 Å². The zero-order chi connectivity index (χ0) is 20.3. The van der Waals surface area contributed by atoms with Crippen LogP contribution in [0.3, 0.4) is 0 Å². The third-order valence-electron chi connectivity index (χ3n) is 4.82. The molecule has 1 fully saturated rings. The Balaban J connectivity index is 1.56. The highest BCUT2D eigenvalue weighted by Crippen LogP contribution is 2.25. The zero-order valence-corrected chi connectivity index (χ0v) is 16.2. The Kier molecular flexibility index (Phi) is 6.10. The second-order valence-electron chi connectivity index (χ2n) is 6.85. The number of rotatable bonds is 5. The molecular formula is C20H21F2NO4S. The molecule has 0 aromatic heterocycles. The minimum absolute atomic E-state index is 0.117. The van der Waals surface area contributed by atoms with Crippen LogP contribution in [0.4, 0.5) is 8.78 Å². The monoisotopic (exact) mass is 409 g/mol. The highest BCUT2D eigenvalue weighted by Gasteiger charge is 2.33. The van der Waals surface area contributed by atoms with Gasteiger partial charge in [-0.05, 0) is 43.5 Å². The molecule has 2 aromatic carbocycles. The average molecular weight is 409 g/mol. The number of benzene rings is 2. The molecule has 1 saturated heterocycles. The first-order valence-electron chi connectivity index (χ1n) is 8.95. The van der Waals surface area contributed by atoms with Gasteiger partial charge in [0.2, 0.25) is 10.0 Å². The van der Waals surface area contributed by atoms with E-state index in [2.05, 4.69) is 0 Å². The molecule has 5 nitrogen and oxygen atoms in total. The first-order valence-corrected chi connectivity index (χ1v) is 10.4. The van der Waals surface area contributed by atoms with Gasteiger partial charge in [-0.15, -0.1) is 0 Å². The number of hydrogen-bond acceptors (Lipinski definition) is 4. The zero-order valence-electron chi connectivity index (χ0n) is 15.4. The molecule has 1 heterocycles. The number of carbonyl (C=O) groups is 1. The summed E-state index contributed by atoms with van der Waals surface area (Å²) in [5.74, 6) is -3.06. The van der Waals surface area contributed by atoms with Gasteiger partial charge in [0.1, 0.15) is 6.61 Å². The number of halogens is 2. The molecule has 0 spiro atoms. The van der Waals surface area contributed by atoms with E-state index >= 15 is 0 Å². The highest BCUT2D eigenvalue weighted by atomic mass is 32.2. The Morgan fingerprint density at radius 1 is 1.07 bits per heavy atom. The van der Waals surface area contributed by atoms with Gasteiger partial charge in [-0.2, -0.15) is 4.31 Å². The van der Waals surface area contributed by atoms with Crippen molar-refractivity contribution in [3.63, 3.8) is 0 Å². The van der Waals surface area contributed by atoms with E-state index in [0.29, 0.717) is 18.9 Å². The molecule has 1 aliphatic heterocycles. The summed E-state index contributed by atoms with van der Waals surface area (Å²) >= 11 is 0. The average Bonchev–Trinajstić information content (AvgIpc) is 2.69. The van der Waals surface area contributed by atoms with Crippen LogP contribution in [0.5, 0.6) is 0 Å². The minimum atomic E-state index is -3.94. The lowest BCUT2D eigenvalue weighted by Gasteiger charge is -2.30. The van der Waals surface area contributed by atoms with Crippen molar-refractivity contribution in [2.45, 2.75) is 31.3 Å². The third-order valence-corrected chi connectivity index (χ3v) is 6.71. The van der Waals surface area contributed by atoms with Gasteiger partial charge in [0.05, 0.1) is 10.8 Å². The fourth-order valence-corrected chi connectivity index (χ4v) is 4.56. The molecule has 0 saturated carbocycles. The number of carbonyl (C=O) groups excluding carboxylic acids is 1. The van der Waals surface area contributed by atoms with E-state index in [-0.39, 0.29) is 36.5 Å². The van der Waals surface area contributed by atoms with Crippen LogP contribution in [-0.2, 0) is 26.2 Å². The summed E-state index contributed by atoms with van der Waals surface area (Å²) in [5, 5.41) is 0. The van der Waals surface area contributed by atoms with Crippen molar-refractivity contribution in [3.8, 4) is 0 Å². The number of sulfonamides is 1. The van der Waals surface area contributed by atoms with E-state index in [9.17, 15) is 22.0 Å². The molecule has 150 valence electrons. The van der Waals surface area contributed by atoms with Gasteiger partial charge in [0, 0.05) is 13.1 Å². The summed E-state index contributed by atoms with van der Waals surface area (Å²) in [6.45, 7) is 2.38. The van der Waals surface area contributed by atoms with Gasteiger partial charge in [-0.25, -0.2) is 17.2 Å². The van der Waals surface area contributed by atoms with Gasteiger partial charge in [0.15, 0.2) is 11.6 Å². The van der Waals surface area contributed by atoms with Gasteiger partial charge in [-0.1, -0.05) is 29.8 Å². The Bertz CT molecular complexity index is 953. The summed E-state index contributed by atoms with van der Waals surface area (Å²) in [6.07, 6.45) is 0.630. The predicted octanol–water partition coefficient (Wildman–Crippen LogP) is 3.42. The lowest BCUT2D eigenvalue weighted by molar-refractivity contribution is -0.151. The largest absolute Gasteiger partial charge is 0.461 e. The molecule has 0 atom stereocenters. The minimum Gasteiger partial charge on any atom is -0.461 e. The van der Waals surface area contributed by atoms with Crippen LogP contribution in [0.15, 0.2) is 47.4 Å². The Morgan fingerprint density at radius 2 is 1.71 bits per heavy atom. The molecule has 0 N–H and O–H groups in total. The van der Waals surface area contributed by atoms with E-state index < -0.39 is 21.7 Å². The molecule has 28 heavy (non-hydrogen) atoms. The van der Waals surface area contributed by atoms with E-state index in [1.165, 1.54) is 4.31 Å². The van der Waals surface area contributed by atoms with E-state index in [1.54, 1.807) is 0 Å². The lowest BCUT2D eigenvalue weighted by atomic mass is 9.98. The van der Waals surface area contributed by atoms with Crippen molar-refractivity contribution < 1.29 is 26.7 Å². The van der Waals surface area contributed by atoms with Crippen LogP contribution < -0.4 is 0 Å². The SMILES string of the molecule is Cc1ccc(COC(=O)C2CCN(S(=O)(=O)c3ccc(F)c(F)c3)CC2)cc1. The third kappa shape index (κ3) is 4.56. The maximum atomic E-state index is 13.4. The fraction of sp³-hybridized carbons (Fsp3) is 0.350. The standard InChI is InChI=1S/C20H21F2NO4S/c1-14-2-4-15(5-3-14)13-27-20(24)16-8-10-23(11-9-16)28(25,26)17-6-7-18(21)19(22)12-17/h2-7,12,16H,8-11,13H2,1H3. The summed E-state index contributed by atoms with van der Waals surface area (Å²) < 4.78 is 58.1. The topological polar surface area (TPSA) is 63.7 Å². The van der Waals surface area contributed by atoms with Crippen molar-refractivity contribution >= 4 is 16.0 Å². The van der Waals surface area contributed by atoms with Gasteiger partial charge >= 0.3 is 5.97 Å². The molecule has 1 aliphatic rings. The summed E-state index contributed by atoms with van der Waals surface area (Å²) in [4.78, 5) is 12.0. The van der Waals surface area contributed by atoms with E-state index in [4.69, 9.17) is 4.74 Å². The van der Waals surface area contributed by atoms with Crippen LogP contribution in [-0.4, -0.2) is 31.8 Å². The molecule has 8 heteroatoms. The molecule has 0 radical (unpaired) electrons. The maximum absolute atomic E-state index is 13.4. The predicted molar refractivity (Wildman–Crippen MR) is 98.8 cm³/mol. The summed E-state index contributed by atoms with van der Waals surface area (Å²) in [5.41, 5.74) is 2.00. The molecule has 0 bridgehead atoms. The van der Waals surface area contributed by atoms with Gasteiger partial charge in [-0.3, -0.25) is 4.79 Å². The number of hydrogen-bond donors (Lipinski definition) is 0. The number of ether oxygens (including phenoxy) is 1. The van der Waals surface area contributed by atoms with Crippen LogP contribution >= 0.6 is 0 Å². The van der Waals surface area contributed by atoms with E-state index in [1.807, 2.05) is 31.2 Å². The molecule has 0 unspecified atom stereocenters. The van der Waals surface area contributed by atoms with Gasteiger partial charge in [0.25, 0.3) is 0 Å². The number of nitrogens with zero attached hydrogens (tertiary/aromatic N) is 1. The Hall–Kier alpha value is -2.32. The lowest BCUT2D eigenvalue weighted by Crippen LogP contribution is -2.40. The van der Waals surface area contributed by atoms with Crippen LogP contribution in [0.25, 0.3) is 0 Å². The first-order chi connectivity index (χ1) is 13.3. The van der Waals surface area contributed by atoms with Gasteiger partial charge < -0.3 is 4.74 Å². The number of esters is 1. The number of piperidine rings is 1. The van der Waals surface area contributed by atoms with Crippen LogP contribution in [0.1, 0.15) is 24.0 Å². The number of aryl methyl sites for hydroxylation is 1. The molecule has 2 aromatic rings. The highest BCUT2D eigenvalue weighted by molar-refractivity contribution is 7.89. The van der Waals surface area contributed by atoms with Crippen LogP contribution in [0, 0.1) is 24.5 Å². The van der Waals surface area contributed by atoms with Crippen LogP contribution in [0.2, 0.25) is 0 Å². The van der Waals surface area contributed by atoms with Crippen molar-refractivity contribution in [1.82, 2.24) is 4.31 Å². The second-order valence-corrected chi connectivity index (χ2v) is 8.79. The van der Waals surface area contributed by atoms with Crippen molar-refractivity contribution in [1.29, 1.82) is 0 Å². The maximum Gasteiger partial charge on any atom is 0.309 e. The normalized spacial score (nSPS) is 16.1. The summed E-state index contributed by atoms with van der Waals surface area (Å²) in [7, 11) is -3.94. The fourth-order valence-electron chi connectivity index (χ4n) is 3.07. The first kappa shape index (κ1) is 20.4. The smallest absolute Gasteiger partial charge is 0.309 e. The molecule has 0 aliphatic carbocycles. The van der Waals surface area contributed by atoms with Crippen molar-refractivity contribution in [2.75, 3.05) is 13.1 Å². The summed E-state index contributed by atoms with van der Waals surface area (Å²) in [6, 6.07) is 10.1. The molecule has 3 rings (SSSR count). The van der Waals surface area contributed by atoms with Crippen molar-refractivity contribution in [3.05, 3.63) is 65.2 Å². The molecule has 0 amide bonds.